The molecule has 0 aromatic carbocycles. The predicted molar refractivity (Wildman–Crippen MR) is 80.1 cm³/mol. The van der Waals surface area contributed by atoms with Gasteiger partial charge in [0.15, 0.2) is 5.15 Å². The number of carbonyl (C=O) groups is 1. The van der Waals surface area contributed by atoms with Crippen LogP contribution in [0.3, 0.4) is 0 Å². The maximum Gasteiger partial charge on any atom is 0.410 e. The van der Waals surface area contributed by atoms with Gasteiger partial charge in [0.1, 0.15) is 5.60 Å². The molecule has 116 valence electrons. The van der Waals surface area contributed by atoms with Crippen LogP contribution in [0.5, 0.6) is 0 Å². The third-order valence-electron chi connectivity index (χ3n) is 3.12. The highest BCUT2D eigenvalue weighted by molar-refractivity contribution is 6.29. The summed E-state index contributed by atoms with van der Waals surface area (Å²) < 4.78 is 5.37. The first-order valence-corrected chi connectivity index (χ1v) is 7.39. The van der Waals surface area contributed by atoms with Crippen molar-refractivity contribution in [2.45, 2.75) is 45.4 Å². The van der Waals surface area contributed by atoms with Crippen LogP contribution in [0.1, 0.15) is 32.9 Å². The van der Waals surface area contributed by atoms with E-state index in [0.29, 0.717) is 24.8 Å². The molecule has 1 atom stereocenters. The van der Waals surface area contributed by atoms with Gasteiger partial charge >= 0.3 is 6.09 Å². The second-order valence-corrected chi connectivity index (χ2v) is 6.44. The van der Waals surface area contributed by atoms with Crippen LogP contribution in [0.4, 0.5) is 4.79 Å². The van der Waals surface area contributed by atoms with Crippen LogP contribution in [-0.2, 0) is 11.3 Å². The van der Waals surface area contributed by atoms with E-state index < -0.39 is 5.60 Å². The minimum atomic E-state index is -0.463. The summed E-state index contributed by atoms with van der Waals surface area (Å²) in [5.74, 6) is 0. The number of carbonyl (C=O) groups excluding carboxylic acids is 1. The second kappa shape index (κ2) is 6.58. The SMILES string of the molecule is CC(C)(C)OC(=O)N1CC[C@@H](NCc2nccnc2Cl)C1. The zero-order chi connectivity index (χ0) is 15.5. The van der Waals surface area contributed by atoms with Crippen molar-refractivity contribution in [3.05, 3.63) is 23.2 Å². The van der Waals surface area contributed by atoms with Gasteiger partial charge < -0.3 is 15.0 Å². The standard InChI is InChI=1S/C14H21ClN4O2/c1-14(2,3)21-13(20)19-7-4-10(9-19)18-8-11-12(15)17-6-5-16-11/h5-6,10,18H,4,7-9H2,1-3H3/t10-/m1/s1. The van der Waals surface area contributed by atoms with Gasteiger partial charge in [-0.2, -0.15) is 0 Å². The highest BCUT2D eigenvalue weighted by atomic mass is 35.5. The van der Waals surface area contributed by atoms with E-state index in [9.17, 15) is 4.79 Å². The Morgan fingerprint density at radius 2 is 2.19 bits per heavy atom. The maximum atomic E-state index is 12.0. The third kappa shape index (κ3) is 4.82. The number of halogens is 1. The number of hydrogen-bond donors (Lipinski definition) is 1. The maximum absolute atomic E-state index is 12.0. The molecule has 0 unspecified atom stereocenters. The van der Waals surface area contributed by atoms with Crippen LogP contribution in [-0.4, -0.2) is 45.7 Å². The molecule has 1 aliphatic rings. The molecule has 6 nitrogen and oxygen atoms in total. The topological polar surface area (TPSA) is 67.3 Å². The Morgan fingerprint density at radius 3 is 2.86 bits per heavy atom. The van der Waals surface area contributed by atoms with Gasteiger partial charge in [-0.3, -0.25) is 4.98 Å². The molecule has 2 rings (SSSR count). The van der Waals surface area contributed by atoms with Crippen LogP contribution in [0, 0.1) is 0 Å². The molecule has 0 bridgehead atoms. The van der Waals surface area contributed by atoms with Crippen molar-refractivity contribution in [3.8, 4) is 0 Å². The summed E-state index contributed by atoms with van der Waals surface area (Å²) in [6.07, 6.45) is 3.80. The van der Waals surface area contributed by atoms with E-state index in [-0.39, 0.29) is 12.1 Å². The molecule has 0 spiro atoms. The first kappa shape index (κ1) is 16.0. The molecule has 1 aromatic heterocycles. The van der Waals surface area contributed by atoms with Gasteiger partial charge in [-0.25, -0.2) is 9.78 Å². The summed E-state index contributed by atoms with van der Waals surface area (Å²) in [7, 11) is 0. The molecule has 21 heavy (non-hydrogen) atoms. The summed E-state index contributed by atoms with van der Waals surface area (Å²) >= 11 is 5.96. The molecule has 0 radical (unpaired) electrons. The third-order valence-corrected chi connectivity index (χ3v) is 3.44. The fourth-order valence-electron chi connectivity index (χ4n) is 2.13. The number of nitrogens with zero attached hydrogens (tertiary/aromatic N) is 3. The highest BCUT2D eigenvalue weighted by Crippen LogP contribution is 2.16. The van der Waals surface area contributed by atoms with Crippen LogP contribution in [0.2, 0.25) is 5.15 Å². The van der Waals surface area contributed by atoms with Crippen molar-refractivity contribution in [3.63, 3.8) is 0 Å². The molecule has 7 heteroatoms. The van der Waals surface area contributed by atoms with Crippen molar-refractivity contribution in [2.24, 2.45) is 0 Å². The number of amides is 1. The van der Waals surface area contributed by atoms with Crippen molar-refractivity contribution in [1.29, 1.82) is 0 Å². The largest absolute Gasteiger partial charge is 0.444 e. The number of rotatable bonds is 3. The lowest BCUT2D eigenvalue weighted by atomic mass is 10.2. The second-order valence-electron chi connectivity index (χ2n) is 6.09. The molecule has 1 N–H and O–H groups in total. The van der Waals surface area contributed by atoms with E-state index in [0.717, 1.165) is 12.1 Å². The Kier molecular flexibility index (Phi) is 5.00. The van der Waals surface area contributed by atoms with Gasteiger partial charge in [0.25, 0.3) is 0 Å². The molecular formula is C14H21ClN4O2. The van der Waals surface area contributed by atoms with Gasteiger partial charge in [-0.1, -0.05) is 11.6 Å². The van der Waals surface area contributed by atoms with Crippen molar-refractivity contribution >= 4 is 17.7 Å². The summed E-state index contributed by atoms with van der Waals surface area (Å²) in [6, 6.07) is 0.218. The minimum Gasteiger partial charge on any atom is -0.444 e. The highest BCUT2D eigenvalue weighted by Gasteiger charge is 2.29. The predicted octanol–water partition coefficient (Wildman–Crippen LogP) is 2.23. The quantitative estimate of drug-likeness (QED) is 0.927. The Morgan fingerprint density at radius 1 is 1.48 bits per heavy atom. The number of likely N-dealkylation sites (tertiary alicyclic amines) is 1. The van der Waals surface area contributed by atoms with Crippen molar-refractivity contribution in [1.82, 2.24) is 20.2 Å². The normalized spacial score (nSPS) is 18.9. The number of hydrogen-bond acceptors (Lipinski definition) is 5. The van der Waals surface area contributed by atoms with Gasteiger partial charge in [0, 0.05) is 38.1 Å². The molecule has 1 aromatic rings. The van der Waals surface area contributed by atoms with E-state index in [4.69, 9.17) is 16.3 Å². The van der Waals surface area contributed by atoms with Crippen LogP contribution in [0.25, 0.3) is 0 Å². The molecule has 1 saturated heterocycles. The Labute approximate surface area is 129 Å². The minimum absolute atomic E-state index is 0.218. The molecule has 0 aliphatic carbocycles. The lowest BCUT2D eigenvalue weighted by Gasteiger charge is -2.24. The average molecular weight is 313 g/mol. The van der Waals surface area contributed by atoms with E-state index in [1.807, 2.05) is 20.8 Å². The molecule has 1 amide bonds. The zero-order valence-corrected chi connectivity index (χ0v) is 13.4. The number of nitrogens with one attached hydrogen (secondary N) is 1. The lowest BCUT2D eigenvalue weighted by Crippen LogP contribution is -2.38. The van der Waals surface area contributed by atoms with E-state index in [2.05, 4.69) is 15.3 Å². The number of ether oxygens (including phenoxy) is 1. The summed E-state index contributed by atoms with van der Waals surface area (Å²) in [5.41, 5.74) is 0.255. The summed E-state index contributed by atoms with van der Waals surface area (Å²) in [5, 5.41) is 3.76. The van der Waals surface area contributed by atoms with Crippen LogP contribution in [0.15, 0.2) is 12.4 Å². The monoisotopic (exact) mass is 312 g/mol. The Hall–Kier alpha value is -1.40. The molecule has 1 fully saturated rings. The average Bonchev–Trinajstić information content (AvgIpc) is 2.85. The van der Waals surface area contributed by atoms with E-state index in [1.54, 1.807) is 17.3 Å². The first-order chi connectivity index (χ1) is 9.85. The number of aromatic nitrogens is 2. The Balaban J connectivity index is 1.80. The molecule has 2 heterocycles. The molecule has 0 saturated carbocycles. The fourth-order valence-corrected chi connectivity index (χ4v) is 2.30. The molecule has 1 aliphatic heterocycles. The zero-order valence-electron chi connectivity index (χ0n) is 12.6. The smallest absolute Gasteiger partial charge is 0.410 e. The van der Waals surface area contributed by atoms with Gasteiger partial charge in [0.05, 0.1) is 5.69 Å². The first-order valence-electron chi connectivity index (χ1n) is 7.02. The fraction of sp³-hybridized carbons (Fsp3) is 0.643. The van der Waals surface area contributed by atoms with Gasteiger partial charge in [0.2, 0.25) is 0 Å². The van der Waals surface area contributed by atoms with Crippen molar-refractivity contribution in [2.75, 3.05) is 13.1 Å². The Bertz CT molecular complexity index is 504. The summed E-state index contributed by atoms with van der Waals surface area (Å²) in [6.45, 7) is 7.47. The summed E-state index contributed by atoms with van der Waals surface area (Å²) in [4.78, 5) is 21.9. The van der Waals surface area contributed by atoms with E-state index >= 15 is 0 Å². The van der Waals surface area contributed by atoms with Gasteiger partial charge in [-0.05, 0) is 27.2 Å². The molecular weight excluding hydrogens is 292 g/mol. The van der Waals surface area contributed by atoms with Crippen LogP contribution < -0.4 is 5.32 Å². The lowest BCUT2D eigenvalue weighted by molar-refractivity contribution is 0.0291. The van der Waals surface area contributed by atoms with Crippen molar-refractivity contribution < 1.29 is 9.53 Å². The van der Waals surface area contributed by atoms with E-state index in [1.165, 1.54) is 0 Å². The van der Waals surface area contributed by atoms with Crippen LogP contribution >= 0.6 is 11.6 Å². The van der Waals surface area contributed by atoms with Gasteiger partial charge in [-0.15, -0.1) is 0 Å².